The molecule has 0 aliphatic carbocycles. The zero-order chi connectivity index (χ0) is 47.9. The number of hydrogen-bond acceptors (Lipinski definition) is 13. The number of hydrogen-bond donors (Lipinski definition) is 4. The fourth-order valence-corrected chi connectivity index (χ4v) is 8.30. The number of nitriles is 1. The van der Waals surface area contributed by atoms with Crippen molar-refractivity contribution in [2.24, 2.45) is 35.0 Å². The van der Waals surface area contributed by atoms with E-state index in [9.17, 15) is 29.2 Å². The van der Waals surface area contributed by atoms with Crippen LogP contribution in [0.15, 0.2) is 66.9 Å². The minimum absolute atomic E-state index is 0.0305. The van der Waals surface area contributed by atoms with Crippen molar-refractivity contribution in [2.75, 3.05) is 39.9 Å². The predicted octanol–water partition coefficient (Wildman–Crippen LogP) is 5.49. The van der Waals surface area contributed by atoms with E-state index in [0.717, 1.165) is 12.0 Å². The standard InChI is InChI=1S/C51H64N8O7/c1-6-41-40(30-56-49(57-41)35-12-9-33(10-13-35)24-31(2)3)44(61)29-37(17-19-53)51(64)59(5)48-36-14-16-47(66-23-21-55)39(28-36)38-26-34(11-15-46(38)65-22-20-54)27-42(43(60)8-7-18-52)58-50(63)32(4)25-45(48)62/h9-16,26,28,30-32,37,42,48H,6-8,17,19-25,27,29,53-55H2,1-5H3,(H,58,63)/t32-,37-,42+,48+/m1/s1. The molecule has 3 aromatic carbocycles. The molecule has 4 atom stereocenters. The first kappa shape index (κ1) is 50.7. The summed E-state index contributed by atoms with van der Waals surface area (Å²) in [6.45, 7) is 8.69. The molecule has 2 amide bonds. The predicted molar refractivity (Wildman–Crippen MR) is 252 cm³/mol. The Bertz CT molecular complexity index is 2400. The molecule has 1 aliphatic rings. The van der Waals surface area contributed by atoms with Gasteiger partial charge in [0.25, 0.3) is 0 Å². The van der Waals surface area contributed by atoms with E-state index in [0.29, 0.717) is 63.2 Å². The summed E-state index contributed by atoms with van der Waals surface area (Å²) in [5.41, 5.74) is 22.9. The Kier molecular flexibility index (Phi) is 18.6. The highest BCUT2D eigenvalue weighted by Gasteiger charge is 2.36. The van der Waals surface area contributed by atoms with Crippen LogP contribution < -0.4 is 32.0 Å². The number of amides is 2. The van der Waals surface area contributed by atoms with Gasteiger partial charge in [-0.25, -0.2) is 9.97 Å². The van der Waals surface area contributed by atoms with Gasteiger partial charge >= 0.3 is 0 Å². The van der Waals surface area contributed by atoms with Crippen LogP contribution in [0.5, 0.6) is 11.5 Å². The highest BCUT2D eigenvalue weighted by Crippen LogP contribution is 2.41. The molecule has 350 valence electrons. The first-order valence-electron chi connectivity index (χ1n) is 22.8. The number of likely N-dealkylation sites (N-methyl/N-ethyl adjacent to an activating group) is 1. The van der Waals surface area contributed by atoms with Gasteiger partial charge in [0.05, 0.1) is 23.4 Å². The van der Waals surface area contributed by atoms with Crippen LogP contribution in [0.1, 0.15) is 98.6 Å². The van der Waals surface area contributed by atoms with Gasteiger partial charge in [0.15, 0.2) is 23.2 Å². The van der Waals surface area contributed by atoms with E-state index in [2.05, 4.69) is 36.3 Å². The van der Waals surface area contributed by atoms with E-state index in [4.69, 9.17) is 31.7 Å². The Morgan fingerprint density at radius 2 is 1.59 bits per heavy atom. The summed E-state index contributed by atoms with van der Waals surface area (Å²) in [6, 6.07) is 18.3. The summed E-state index contributed by atoms with van der Waals surface area (Å²) in [5, 5.41) is 12.1. The number of nitrogens with one attached hydrogen (secondary N) is 1. The minimum Gasteiger partial charge on any atom is -0.492 e. The monoisotopic (exact) mass is 900 g/mol. The molecule has 0 fully saturated rings. The number of fused-ring (bicyclic) bond motifs is 5. The quantitative estimate of drug-likeness (QED) is 0.0803. The van der Waals surface area contributed by atoms with Gasteiger partial charge in [-0.1, -0.05) is 64.1 Å². The second kappa shape index (κ2) is 24.3. The summed E-state index contributed by atoms with van der Waals surface area (Å²) in [6.07, 6.45) is 2.54. The molecule has 4 bridgehead atoms. The molecule has 0 saturated carbocycles. The number of rotatable bonds is 20. The van der Waals surface area contributed by atoms with Gasteiger partial charge in [-0.2, -0.15) is 5.26 Å². The van der Waals surface area contributed by atoms with Crippen LogP contribution >= 0.6 is 0 Å². The number of benzene rings is 3. The van der Waals surface area contributed by atoms with E-state index in [-0.39, 0.29) is 82.9 Å². The summed E-state index contributed by atoms with van der Waals surface area (Å²) in [5.74, 6) is -2.13. The lowest BCUT2D eigenvalue weighted by atomic mass is 9.88. The van der Waals surface area contributed by atoms with Crippen LogP contribution in [0.3, 0.4) is 0 Å². The van der Waals surface area contributed by atoms with Crippen LogP contribution in [0, 0.1) is 29.1 Å². The van der Waals surface area contributed by atoms with Crippen LogP contribution in [0.25, 0.3) is 22.5 Å². The van der Waals surface area contributed by atoms with Crippen molar-refractivity contribution in [3.63, 3.8) is 0 Å². The van der Waals surface area contributed by atoms with Gasteiger partial charge in [0, 0.05) is 80.5 Å². The number of carbonyl (C=O) groups excluding carboxylic acids is 5. The first-order valence-corrected chi connectivity index (χ1v) is 22.8. The van der Waals surface area contributed by atoms with Crippen molar-refractivity contribution in [2.45, 2.75) is 91.1 Å². The second-order valence-corrected chi connectivity index (χ2v) is 17.3. The van der Waals surface area contributed by atoms with E-state index < -0.39 is 41.5 Å². The average Bonchev–Trinajstić information content (AvgIpc) is 3.31. The third-order valence-corrected chi connectivity index (χ3v) is 11.7. The van der Waals surface area contributed by atoms with E-state index in [1.165, 1.54) is 23.7 Å². The molecule has 15 nitrogen and oxygen atoms in total. The van der Waals surface area contributed by atoms with Gasteiger partial charge in [-0.3, -0.25) is 24.0 Å². The fraction of sp³-hybridized carbons (Fsp3) is 0.451. The number of aromatic nitrogens is 2. The molecule has 2 heterocycles. The molecule has 0 spiro atoms. The Hall–Kier alpha value is -6.34. The van der Waals surface area contributed by atoms with Crippen molar-refractivity contribution in [3.8, 4) is 40.1 Å². The zero-order valence-corrected chi connectivity index (χ0v) is 38.8. The molecule has 0 saturated heterocycles. The van der Waals surface area contributed by atoms with Crippen LogP contribution in [0.4, 0.5) is 0 Å². The molecule has 1 aliphatic heterocycles. The lowest BCUT2D eigenvalue weighted by Gasteiger charge is -2.32. The van der Waals surface area contributed by atoms with Gasteiger partial charge in [0.2, 0.25) is 11.8 Å². The lowest BCUT2D eigenvalue weighted by Crippen LogP contribution is -2.46. The summed E-state index contributed by atoms with van der Waals surface area (Å²) < 4.78 is 12.3. The van der Waals surface area contributed by atoms with Gasteiger partial charge in [0.1, 0.15) is 30.8 Å². The molecule has 0 unspecified atom stereocenters. The molecular weight excluding hydrogens is 837 g/mol. The van der Waals surface area contributed by atoms with Crippen molar-refractivity contribution >= 4 is 29.2 Å². The first-order chi connectivity index (χ1) is 31.7. The Balaban J connectivity index is 1.56. The minimum atomic E-state index is -1.24. The van der Waals surface area contributed by atoms with E-state index in [1.807, 2.05) is 31.2 Å². The number of Topliss-reactive ketones (excluding diaryl/α,β-unsaturated/α-hetero) is 3. The van der Waals surface area contributed by atoms with E-state index >= 15 is 0 Å². The van der Waals surface area contributed by atoms with E-state index in [1.54, 1.807) is 37.3 Å². The molecule has 0 radical (unpaired) electrons. The third kappa shape index (κ3) is 12.9. The Morgan fingerprint density at radius 3 is 2.21 bits per heavy atom. The van der Waals surface area contributed by atoms with Crippen molar-refractivity contribution in [1.82, 2.24) is 20.2 Å². The van der Waals surface area contributed by atoms with Crippen LogP contribution in [0.2, 0.25) is 0 Å². The fourth-order valence-electron chi connectivity index (χ4n) is 8.30. The number of nitrogens with two attached hydrogens (primary N) is 3. The number of nitrogens with zero attached hydrogens (tertiary/aromatic N) is 4. The summed E-state index contributed by atoms with van der Waals surface area (Å²) >= 11 is 0. The number of ether oxygens (including phenoxy) is 2. The molecule has 7 N–H and O–H groups in total. The maximum Gasteiger partial charge on any atom is 0.226 e. The molecular formula is C51H64N8O7. The summed E-state index contributed by atoms with van der Waals surface area (Å²) in [7, 11) is 1.51. The smallest absolute Gasteiger partial charge is 0.226 e. The average molecular weight is 901 g/mol. The van der Waals surface area contributed by atoms with Gasteiger partial charge < -0.3 is 36.9 Å². The number of carbonyl (C=O) groups is 5. The number of ketones is 3. The van der Waals surface area contributed by atoms with Crippen molar-refractivity contribution < 1.29 is 33.4 Å². The molecule has 1 aromatic heterocycles. The molecule has 66 heavy (non-hydrogen) atoms. The molecule has 5 rings (SSSR count). The van der Waals surface area contributed by atoms with Gasteiger partial charge in [-0.15, -0.1) is 0 Å². The topological polar surface area (TPSA) is 247 Å². The Labute approximate surface area is 387 Å². The maximum absolute atomic E-state index is 14.8. The molecule has 15 heteroatoms. The van der Waals surface area contributed by atoms with Crippen LogP contribution in [-0.4, -0.2) is 90.0 Å². The summed E-state index contributed by atoms with van der Waals surface area (Å²) in [4.78, 5) is 81.7. The van der Waals surface area contributed by atoms with Gasteiger partial charge in [-0.05, 0) is 79.1 Å². The molecule has 4 aromatic rings. The second-order valence-electron chi connectivity index (χ2n) is 17.3. The highest BCUT2D eigenvalue weighted by atomic mass is 16.5. The SMILES string of the molecule is CCc1nc(-c2ccc(CC(C)C)cc2)ncc1C(=O)C[C@@H](CCN)C(=O)N(C)[C@@H]1C(=O)C[C@@H](C)C(=O)N[C@H](C(=O)CCC#N)Cc2ccc(OCCN)c(c2)-c2cc1ccc2OCCN. The third-order valence-electron chi connectivity index (χ3n) is 11.7. The Morgan fingerprint density at radius 1 is 0.924 bits per heavy atom. The highest BCUT2D eigenvalue weighted by molar-refractivity contribution is 6.00. The largest absolute Gasteiger partial charge is 0.492 e. The van der Waals surface area contributed by atoms with Crippen LogP contribution in [-0.2, 0) is 38.4 Å². The normalized spacial score (nSPS) is 16.7. The zero-order valence-electron chi connectivity index (χ0n) is 38.8. The number of aryl methyl sites for hydroxylation is 1. The lowest BCUT2D eigenvalue weighted by molar-refractivity contribution is -0.142. The maximum atomic E-state index is 14.8. The van der Waals surface area contributed by atoms with Crippen molar-refractivity contribution in [3.05, 3.63) is 94.8 Å². The van der Waals surface area contributed by atoms with Crippen molar-refractivity contribution in [1.29, 1.82) is 5.26 Å².